The maximum Gasteiger partial charge on any atom is 0.407 e. The largest absolute Gasteiger partial charge is 0.488 e. The Kier molecular flexibility index (Phi) is 8.93. The number of nitrogens with zero attached hydrogens (tertiary/aromatic N) is 4. The van der Waals surface area contributed by atoms with Gasteiger partial charge in [0, 0.05) is 30.2 Å². The van der Waals surface area contributed by atoms with Crippen LogP contribution in [0.15, 0.2) is 35.0 Å². The fraction of sp³-hybridized carbons (Fsp3) is 0.517. The van der Waals surface area contributed by atoms with E-state index in [1.54, 1.807) is 12.3 Å². The number of carboxylic acid groups (broad SMARTS) is 1. The van der Waals surface area contributed by atoms with Gasteiger partial charge in [-0.2, -0.15) is 5.26 Å². The lowest BCUT2D eigenvalue weighted by atomic mass is 9.83. The third-order valence-electron chi connectivity index (χ3n) is 7.12. The van der Waals surface area contributed by atoms with Crippen molar-refractivity contribution < 1.29 is 23.6 Å². The van der Waals surface area contributed by atoms with Gasteiger partial charge in [-0.05, 0) is 68.3 Å². The number of amides is 1. The number of hydrogen-bond acceptors (Lipinski definition) is 7. The van der Waals surface area contributed by atoms with Crippen LogP contribution in [0.4, 0.5) is 4.79 Å². The first kappa shape index (κ1) is 28.6. The zero-order valence-corrected chi connectivity index (χ0v) is 24.4. The van der Waals surface area contributed by atoms with Gasteiger partial charge in [0.05, 0.1) is 17.4 Å². The van der Waals surface area contributed by atoms with Crippen LogP contribution < -0.4 is 4.74 Å². The van der Waals surface area contributed by atoms with Crippen LogP contribution in [0.2, 0.25) is 13.1 Å². The van der Waals surface area contributed by atoms with Gasteiger partial charge in [0.2, 0.25) is 9.04 Å². The summed E-state index contributed by atoms with van der Waals surface area (Å²) in [6, 6.07) is 9.54. The lowest BCUT2D eigenvalue weighted by Crippen LogP contribution is -2.37. The maximum absolute atomic E-state index is 11.2. The van der Waals surface area contributed by atoms with Crippen LogP contribution in [-0.4, -0.2) is 48.4 Å². The third-order valence-corrected chi connectivity index (χ3v) is 7.83. The Morgan fingerprint density at radius 2 is 2.00 bits per heavy atom. The second-order valence-corrected chi connectivity index (χ2v) is 13.5. The highest BCUT2D eigenvalue weighted by atomic mass is 28.3. The summed E-state index contributed by atoms with van der Waals surface area (Å²) in [7, 11) is -1.05. The summed E-state index contributed by atoms with van der Waals surface area (Å²) in [4.78, 5) is 16.9. The topological polar surface area (TPSA) is 122 Å². The Labute approximate surface area is 231 Å². The SMILES string of the molecule is C[Si](C)OC(c1c(OCc2ccc(C#N)nc2)ccc2c(CCC3CCN(C(=O)O)CC3)noc12)C(C)(C)C. The second-order valence-electron chi connectivity index (χ2n) is 11.5. The lowest BCUT2D eigenvalue weighted by Gasteiger charge is -2.33. The van der Waals surface area contributed by atoms with E-state index in [0.717, 1.165) is 47.9 Å². The molecule has 0 saturated carbocycles. The summed E-state index contributed by atoms with van der Waals surface area (Å²) >= 11 is 0. The number of benzene rings is 1. The average molecular weight is 550 g/mol. The summed E-state index contributed by atoms with van der Waals surface area (Å²) in [5.74, 6) is 1.14. The molecule has 39 heavy (non-hydrogen) atoms. The molecule has 1 radical (unpaired) electrons. The average Bonchev–Trinajstić information content (AvgIpc) is 3.32. The molecule has 1 aliphatic rings. The van der Waals surface area contributed by atoms with Gasteiger partial charge >= 0.3 is 6.09 Å². The first-order chi connectivity index (χ1) is 18.6. The normalized spacial score (nSPS) is 15.5. The summed E-state index contributed by atoms with van der Waals surface area (Å²) in [6.07, 6.45) is 3.99. The molecule has 3 aromatic rings. The van der Waals surface area contributed by atoms with Crippen molar-refractivity contribution in [3.63, 3.8) is 0 Å². The van der Waals surface area contributed by atoms with Crippen LogP contribution >= 0.6 is 0 Å². The summed E-state index contributed by atoms with van der Waals surface area (Å²) in [5.41, 5.74) is 3.45. The van der Waals surface area contributed by atoms with Gasteiger partial charge in [-0.1, -0.05) is 32.0 Å². The fourth-order valence-corrected chi connectivity index (χ4v) is 5.95. The molecule has 1 aromatic carbocycles. The Morgan fingerprint density at radius 1 is 1.26 bits per heavy atom. The molecular weight excluding hydrogens is 512 g/mol. The Bertz CT molecular complexity index is 1320. The molecule has 9 nitrogen and oxygen atoms in total. The molecule has 1 atom stereocenters. The van der Waals surface area contributed by atoms with Gasteiger partial charge in [0.25, 0.3) is 0 Å². The Hall–Kier alpha value is -3.42. The van der Waals surface area contributed by atoms with Crippen molar-refractivity contribution in [2.75, 3.05) is 13.1 Å². The van der Waals surface area contributed by atoms with Crippen molar-refractivity contribution in [2.24, 2.45) is 11.3 Å². The maximum atomic E-state index is 11.2. The molecule has 1 aliphatic heterocycles. The predicted molar refractivity (Wildman–Crippen MR) is 149 cm³/mol. The van der Waals surface area contributed by atoms with Crippen molar-refractivity contribution in [2.45, 2.75) is 72.3 Å². The molecule has 1 N–H and O–H groups in total. The number of aryl methyl sites for hydroxylation is 1. The zero-order chi connectivity index (χ0) is 28.2. The van der Waals surface area contributed by atoms with E-state index in [-0.39, 0.29) is 11.5 Å². The lowest BCUT2D eigenvalue weighted by molar-refractivity contribution is 0.0831. The van der Waals surface area contributed by atoms with Crippen LogP contribution in [0.25, 0.3) is 11.0 Å². The van der Waals surface area contributed by atoms with Gasteiger partial charge in [-0.3, -0.25) is 0 Å². The molecule has 3 heterocycles. The van der Waals surface area contributed by atoms with Gasteiger partial charge < -0.3 is 23.7 Å². The second kappa shape index (κ2) is 12.2. The first-order valence-corrected chi connectivity index (χ1v) is 15.8. The fourth-order valence-electron chi connectivity index (χ4n) is 5.01. The van der Waals surface area contributed by atoms with E-state index in [1.165, 1.54) is 4.90 Å². The Balaban J connectivity index is 1.62. The molecule has 0 spiro atoms. The first-order valence-electron chi connectivity index (χ1n) is 13.4. The molecular formula is C29H37N4O5Si. The Morgan fingerprint density at radius 3 is 2.59 bits per heavy atom. The molecule has 1 saturated heterocycles. The van der Waals surface area contributed by atoms with E-state index < -0.39 is 15.1 Å². The summed E-state index contributed by atoms with van der Waals surface area (Å²) < 4.78 is 18.9. The number of aromatic nitrogens is 2. The predicted octanol–water partition coefficient (Wildman–Crippen LogP) is 6.35. The minimum absolute atomic E-state index is 0.227. The van der Waals surface area contributed by atoms with E-state index >= 15 is 0 Å². The number of carbonyl (C=O) groups is 1. The van der Waals surface area contributed by atoms with E-state index in [4.69, 9.17) is 18.9 Å². The number of pyridine rings is 1. The van der Waals surface area contributed by atoms with Gasteiger partial charge in [0.15, 0.2) is 5.58 Å². The standard InChI is InChI=1S/C29H37N4O5Si/c1-29(2,3)27(38-39(4)5)25-24(36-18-20-6-8-21(16-30)31-17-20)11-9-22-23(32-37-26(22)25)10-7-19-12-14-33(15-13-19)28(34)35/h6,8-9,11,17,19,27H,7,10,12-15,18H2,1-5H3,(H,34,35). The quantitative estimate of drug-likeness (QED) is 0.306. The molecule has 4 rings (SSSR count). The molecule has 10 heteroatoms. The van der Waals surface area contributed by atoms with E-state index in [2.05, 4.69) is 44.0 Å². The van der Waals surface area contributed by atoms with Gasteiger partial charge in [0.1, 0.15) is 24.1 Å². The third kappa shape index (κ3) is 6.97. The van der Waals surface area contributed by atoms with Crippen LogP contribution in [0, 0.1) is 22.7 Å². The van der Waals surface area contributed by atoms with Crippen LogP contribution in [0.3, 0.4) is 0 Å². The van der Waals surface area contributed by atoms with Crippen LogP contribution in [0.1, 0.15) is 68.7 Å². The zero-order valence-electron chi connectivity index (χ0n) is 23.4. The number of nitriles is 1. The van der Waals surface area contributed by atoms with E-state index in [9.17, 15) is 9.90 Å². The molecule has 1 unspecified atom stereocenters. The minimum Gasteiger partial charge on any atom is -0.488 e. The van der Waals surface area contributed by atoms with Crippen LogP contribution in [-0.2, 0) is 17.5 Å². The number of ether oxygens (including phenoxy) is 1. The van der Waals surface area contributed by atoms with Crippen molar-refractivity contribution in [1.29, 1.82) is 5.26 Å². The van der Waals surface area contributed by atoms with Gasteiger partial charge in [-0.25, -0.2) is 9.78 Å². The van der Waals surface area contributed by atoms with E-state index in [0.29, 0.717) is 42.6 Å². The summed E-state index contributed by atoms with van der Waals surface area (Å²) in [5, 5.41) is 23.7. The highest BCUT2D eigenvalue weighted by Crippen LogP contribution is 2.45. The molecule has 1 fully saturated rings. The smallest absolute Gasteiger partial charge is 0.407 e. The van der Waals surface area contributed by atoms with Crippen molar-refractivity contribution in [1.82, 2.24) is 15.0 Å². The number of likely N-dealkylation sites (tertiary alicyclic amines) is 1. The van der Waals surface area contributed by atoms with Crippen molar-refractivity contribution in [3.05, 3.63) is 53.0 Å². The van der Waals surface area contributed by atoms with Crippen molar-refractivity contribution in [3.8, 4) is 11.8 Å². The van der Waals surface area contributed by atoms with Crippen LogP contribution in [0.5, 0.6) is 5.75 Å². The molecule has 2 aromatic heterocycles. The number of hydrogen-bond donors (Lipinski definition) is 1. The van der Waals surface area contributed by atoms with Crippen molar-refractivity contribution >= 4 is 26.1 Å². The molecule has 1 amide bonds. The number of rotatable bonds is 9. The highest BCUT2D eigenvalue weighted by molar-refractivity contribution is 6.48. The van der Waals surface area contributed by atoms with Gasteiger partial charge in [-0.15, -0.1) is 0 Å². The molecule has 207 valence electrons. The monoisotopic (exact) mass is 549 g/mol. The summed E-state index contributed by atoms with van der Waals surface area (Å²) in [6.45, 7) is 12.1. The minimum atomic E-state index is -1.05. The molecule has 0 aliphatic carbocycles. The highest BCUT2D eigenvalue weighted by Gasteiger charge is 2.34. The number of piperidine rings is 1. The molecule has 0 bridgehead atoms. The number of fused-ring (bicyclic) bond motifs is 1. The van der Waals surface area contributed by atoms with E-state index in [1.807, 2.05) is 24.3 Å².